The molecule has 13 heteroatoms. The average molecular weight is 494 g/mol. The molecule has 1 aromatic carbocycles. The number of halogens is 2. The van der Waals surface area contributed by atoms with Gasteiger partial charge in [0.15, 0.2) is 5.75 Å². The highest BCUT2D eigenvalue weighted by Crippen LogP contribution is 2.34. The van der Waals surface area contributed by atoms with Crippen LogP contribution in [0.3, 0.4) is 0 Å². The fraction of sp³-hybridized carbons (Fsp3) is 0.389. The van der Waals surface area contributed by atoms with E-state index < -0.39 is 40.4 Å². The molecule has 1 aliphatic heterocycles. The van der Waals surface area contributed by atoms with Gasteiger partial charge in [-0.3, -0.25) is 14.4 Å². The van der Waals surface area contributed by atoms with E-state index in [9.17, 15) is 22.8 Å². The third-order valence-electron chi connectivity index (χ3n) is 4.24. The summed E-state index contributed by atoms with van der Waals surface area (Å²) in [4.78, 5) is 36.8. The molecule has 0 spiro atoms. The first-order valence-electron chi connectivity index (χ1n) is 9.00. The Morgan fingerprint density at radius 1 is 1.35 bits per heavy atom. The van der Waals surface area contributed by atoms with Crippen molar-refractivity contribution in [2.24, 2.45) is 0 Å². The Labute approximate surface area is 189 Å². The van der Waals surface area contributed by atoms with E-state index in [2.05, 4.69) is 11.9 Å². The Balaban J connectivity index is 2.26. The molecular weight excluding hydrogens is 473 g/mol. The number of carbonyl (C=O) groups is 3. The highest BCUT2D eigenvalue weighted by molar-refractivity contribution is 7.88. The van der Waals surface area contributed by atoms with Gasteiger partial charge in [0.05, 0.1) is 16.3 Å². The summed E-state index contributed by atoms with van der Waals surface area (Å²) in [5.41, 5.74) is 0.0442. The fourth-order valence-corrected chi connectivity index (χ4v) is 4.49. The summed E-state index contributed by atoms with van der Waals surface area (Å²) in [7, 11) is -3.90. The van der Waals surface area contributed by atoms with E-state index in [1.54, 1.807) is 0 Å². The second-order valence-corrected chi connectivity index (χ2v) is 9.34. The number of hydrazine groups is 1. The van der Waals surface area contributed by atoms with Crippen LogP contribution in [-0.4, -0.2) is 72.7 Å². The summed E-state index contributed by atoms with van der Waals surface area (Å²) >= 11 is 12.2. The number of hydrogen-bond acceptors (Lipinski definition) is 6. The van der Waals surface area contributed by atoms with Crippen molar-refractivity contribution in [3.8, 4) is 5.75 Å². The first-order valence-corrected chi connectivity index (χ1v) is 11.6. The maximum Gasteiger partial charge on any atom is 0.324 e. The molecule has 0 saturated carbocycles. The van der Waals surface area contributed by atoms with Crippen molar-refractivity contribution in [3.63, 3.8) is 0 Å². The summed E-state index contributed by atoms with van der Waals surface area (Å²) in [6, 6.07) is 1.47. The van der Waals surface area contributed by atoms with Crippen molar-refractivity contribution in [1.29, 1.82) is 0 Å². The van der Waals surface area contributed by atoms with Crippen LogP contribution in [0.4, 0.5) is 0 Å². The zero-order valence-corrected chi connectivity index (χ0v) is 18.8. The van der Waals surface area contributed by atoms with Gasteiger partial charge in [0.25, 0.3) is 11.8 Å². The van der Waals surface area contributed by atoms with Crippen LogP contribution in [0.15, 0.2) is 24.8 Å². The average Bonchev–Trinajstić information content (AvgIpc) is 2.80. The summed E-state index contributed by atoms with van der Waals surface area (Å²) < 4.78 is 30.1. The minimum atomic E-state index is -3.90. The summed E-state index contributed by atoms with van der Waals surface area (Å²) in [5, 5.41) is 12.4. The van der Waals surface area contributed by atoms with Gasteiger partial charge in [-0.1, -0.05) is 35.9 Å². The molecule has 1 fully saturated rings. The Hall–Kier alpha value is -2.34. The molecule has 1 saturated heterocycles. The minimum absolute atomic E-state index is 0.0442. The molecule has 2 rings (SSSR count). The molecule has 1 aliphatic rings. The number of carboxylic acids is 1. The maximum atomic E-state index is 12.9. The van der Waals surface area contributed by atoms with Crippen LogP contribution >= 0.6 is 23.2 Å². The monoisotopic (exact) mass is 493 g/mol. The van der Waals surface area contributed by atoms with Gasteiger partial charge < -0.3 is 15.2 Å². The van der Waals surface area contributed by atoms with Crippen molar-refractivity contribution in [3.05, 3.63) is 40.4 Å². The van der Waals surface area contributed by atoms with Crippen LogP contribution in [0.2, 0.25) is 10.0 Å². The molecule has 0 radical (unpaired) electrons. The molecule has 0 bridgehead atoms. The van der Waals surface area contributed by atoms with E-state index in [1.165, 1.54) is 18.2 Å². The maximum absolute atomic E-state index is 12.9. The minimum Gasteiger partial charge on any atom is -0.486 e. The molecule has 2 amide bonds. The lowest BCUT2D eigenvalue weighted by Gasteiger charge is -2.31. The summed E-state index contributed by atoms with van der Waals surface area (Å²) in [5.74, 6) is -2.79. The third kappa shape index (κ3) is 6.33. The molecule has 31 heavy (non-hydrogen) atoms. The SMILES string of the molecule is C=CCOc1c(Cl)cc(C(=O)NC2CCCN(S(C)(=O)=O)N(CC(=O)O)C2=O)cc1Cl. The highest BCUT2D eigenvalue weighted by atomic mass is 35.5. The van der Waals surface area contributed by atoms with Gasteiger partial charge in [0.1, 0.15) is 19.2 Å². The number of carboxylic acid groups (broad SMARTS) is 1. The summed E-state index contributed by atoms with van der Waals surface area (Å²) in [6.45, 7) is 2.70. The van der Waals surface area contributed by atoms with Crippen LogP contribution in [0.5, 0.6) is 5.75 Å². The molecular formula is C18H21Cl2N3O7S. The molecule has 2 N–H and O–H groups in total. The third-order valence-corrected chi connectivity index (χ3v) is 5.95. The molecule has 0 aromatic heterocycles. The van der Waals surface area contributed by atoms with Gasteiger partial charge in [0.2, 0.25) is 10.0 Å². The number of benzene rings is 1. The second kappa shape index (κ2) is 10.3. The largest absolute Gasteiger partial charge is 0.486 e. The number of nitrogens with zero attached hydrogens (tertiary/aromatic N) is 2. The first kappa shape index (κ1) is 24.9. The molecule has 1 atom stereocenters. The summed E-state index contributed by atoms with van der Waals surface area (Å²) in [6.07, 6.45) is 2.69. The van der Waals surface area contributed by atoms with E-state index >= 15 is 0 Å². The van der Waals surface area contributed by atoms with Gasteiger partial charge in [-0.2, -0.15) is 0 Å². The predicted octanol–water partition coefficient (Wildman–Crippen LogP) is 1.54. The standard InChI is InChI=1S/C18H21Cl2N3O7S/c1-3-7-30-16-12(19)8-11(9-13(16)20)17(26)21-14-5-4-6-23(31(2,28)29)22(18(14)27)10-15(24)25/h3,8-9,14H,1,4-7,10H2,2H3,(H,21,26)(H,24,25). The number of amides is 2. The Morgan fingerprint density at radius 2 is 1.97 bits per heavy atom. The number of aliphatic carboxylic acids is 1. The number of ether oxygens (including phenoxy) is 1. The number of nitrogens with one attached hydrogen (secondary N) is 1. The normalized spacial score (nSPS) is 17.7. The number of rotatable bonds is 8. The van der Waals surface area contributed by atoms with Crippen LogP contribution in [0.1, 0.15) is 23.2 Å². The quantitative estimate of drug-likeness (QED) is 0.524. The van der Waals surface area contributed by atoms with Gasteiger partial charge >= 0.3 is 5.97 Å². The van der Waals surface area contributed by atoms with Crippen molar-refractivity contribution in [2.75, 3.05) is 26.0 Å². The Kier molecular flexibility index (Phi) is 8.29. The fourth-order valence-electron chi connectivity index (χ4n) is 2.94. The van der Waals surface area contributed by atoms with Crippen LogP contribution < -0.4 is 10.1 Å². The zero-order chi connectivity index (χ0) is 23.3. The molecule has 1 aromatic rings. The van der Waals surface area contributed by atoms with Crippen molar-refractivity contribution in [2.45, 2.75) is 18.9 Å². The lowest BCUT2D eigenvalue weighted by molar-refractivity contribution is -0.152. The van der Waals surface area contributed by atoms with Crippen molar-refractivity contribution >= 4 is 51.0 Å². The molecule has 170 valence electrons. The first-order chi connectivity index (χ1) is 14.5. The molecule has 1 unspecified atom stereocenters. The topological polar surface area (TPSA) is 133 Å². The van der Waals surface area contributed by atoms with Gasteiger partial charge in [-0.05, 0) is 25.0 Å². The number of hydrogen-bond donors (Lipinski definition) is 2. The van der Waals surface area contributed by atoms with Gasteiger partial charge in [-0.15, -0.1) is 4.41 Å². The van der Waals surface area contributed by atoms with Gasteiger partial charge in [0, 0.05) is 12.1 Å². The van der Waals surface area contributed by atoms with E-state index in [1.807, 2.05) is 0 Å². The van der Waals surface area contributed by atoms with Gasteiger partial charge in [-0.25, -0.2) is 13.4 Å². The Bertz CT molecular complexity index is 977. The Morgan fingerprint density at radius 3 is 2.48 bits per heavy atom. The highest BCUT2D eigenvalue weighted by Gasteiger charge is 2.38. The predicted molar refractivity (Wildman–Crippen MR) is 114 cm³/mol. The van der Waals surface area contributed by atoms with Crippen LogP contribution in [0, 0.1) is 0 Å². The molecule has 10 nitrogen and oxygen atoms in total. The second-order valence-electron chi connectivity index (χ2n) is 6.64. The lowest BCUT2D eigenvalue weighted by atomic mass is 10.1. The molecule has 0 aliphatic carbocycles. The number of carbonyl (C=O) groups excluding carboxylic acids is 2. The zero-order valence-electron chi connectivity index (χ0n) is 16.5. The van der Waals surface area contributed by atoms with E-state index in [4.69, 9.17) is 33.0 Å². The van der Waals surface area contributed by atoms with Crippen LogP contribution in [0.25, 0.3) is 0 Å². The smallest absolute Gasteiger partial charge is 0.324 e. The van der Waals surface area contributed by atoms with E-state index in [-0.39, 0.29) is 47.4 Å². The molecule has 1 heterocycles. The lowest BCUT2D eigenvalue weighted by Crippen LogP contribution is -2.55. The van der Waals surface area contributed by atoms with E-state index in [0.29, 0.717) is 9.42 Å². The van der Waals surface area contributed by atoms with Crippen LogP contribution in [-0.2, 0) is 19.6 Å². The number of sulfonamides is 1. The van der Waals surface area contributed by atoms with Crippen molar-refractivity contribution in [1.82, 2.24) is 14.7 Å². The van der Waals surface area contributed by atoms with Crippen molar-refractivity contribution < 1.29 is 32.6 Å². The van der Waals surface area contributed by atoms with E-state index in [0.717, 1.165) is 6.26 Å².